The Morgan fingerprint density at radius 2 is 1.93 bits per heavy atom. The summed E-state index contributed by atoms with van der Waals surface area (Å²) in [6.07, 6.45) is -2.55. The number of carbonyl (C=O) groups excluding carboxylic acids is 1. The SMILES string of the molecule is CCNC(=NCc1ccc(F)cc1C(F)(F)F)N1CCC(CC(=O)NC)CC1.I. The first kappa shape index (κ1) is 25.4. The van der Waals surface area contributed by atoms with E-state index in [1.807, 2.05) is 11.8 Å². The third-order valence-electron chi connectivity index (χ3n) is 4.78. The van der Waals surface area contributed by atoms with Crippen molar-refractivity contribution in [2.45, 2.75) is 38.9 Å². The lowest BCUT2D eigenvalue weighted by Gasteiger charge is -2.34. The van der Waals surface area contributed by atoms with Gasteiger partial charge >= 0.3 is 6.18 Å². The van der Waals surface area contributed by atoms with E-state index in [1.54, 1.807) is 7.05 Å². The summed E-state index contributed by atoms with van der Waals surface area (Å²) in [4.78, 5) is 17.8. The van der Waals surface area contributed by atoms with Gasteiger partial charge in [0, 0.05) is 33.1 Å². The number of guanidine groups is 1. The molecule has 1 aromatic rings. The Morgan fingerprint density at radius 1 is 1.28 bits per heavy atom. The van der Waals surface area contributed by atoms with E-state index in [0.717, 1.165) is 25.0 Å². The molecular formula is C19H27F4IN4O. The lowest BCUT2D eigenvalue weighted by atomic mass is 9.93. The predicted molar refractivity (Wildman–Crippen MR) is 115 cm³/mol. The average molecular weight is 530 g/mol. The van der Waals surface area contributed by atoms with Crippen molar-refractivity contribution < 1.29 is 22.4 Å². The van der Waals surface area contributed by atoms with Gasteiger partial charge in [-0.15, -0.1) is 24.0 Å². The van der Waals surface area contributed by atoms with Crippen molar-refractivity contribution in [3.63, 3.8) is 0 Å². The van der Waals surface area contributed by atoms with Crippen LogP contribution in [-0.2, 0) is 17.5 Å². The highest BCUT2D eigenvalue weighted by Crippen LogP contribution is 2.33. The van der Waals surface area contributed by atoms with Gasteiger partial charge in [-0.25, -0.2) is 9.38 Å². The molecule has 0 unspecified atom stereocenters. The minimum absolute atomic E-state index is 0. The molecule has 1 heterocycles. The fourth-order valence-corrected chi connectivity index (χ4v) is 3.25. The number of rotatable bonds is 5. The van der Waals surface area contributed by atoms with E-state index in [2.05, 4.69) is 15.6 Å². The maximum absolute atomic E-state index is 13.3. The van der Waals surface area contributed by atoms with Crippen molar-refractivity contribution in [1.82, 2.24) is 15.5 Å². The first-order chi connectivity index (χ1) is 13.2. The maximum Gasteiger partial charge on any atom is 0.416 e. The van der Waals surface area contributed by atoms with Gasteiger partial charge in [0.1, 0.15) is 5.82 Å². The van der Waals surface area contributed by atoms with E-state index in [4.69, 9.17) is 0 Å². The van der Waals surface area contributed by atoms with E-state index in [0.29, 0.717) is 38.1 Å². The second-order valence-corrected chi connectivity index (χ2v) is 6.78. The first-order valence-corrected chi connectivity index (χ1v) is 9.34. The molecule has 164 valence electrons. The van der Waals surface area contributed by atoms with E-state index in [1.165, 1.54) is 0 Å². The van der Waals surface area contributed by atoms with Gasteiger partial charge < -0.3 is 15.5 Å². The Morgan fingerprint density at radius 3 is 2.48 bits per heavy atom. The van der Waals surface area contributed by atoms with Crippen LogP contribution in [0.2, 0.25) is 0 Å². The minimum atomic E-state index is -4.64. The van der Waals surface area contributed by atoms with Crippen molar-refractivity contribution in [2.24, 2.45) is 10.9 Å². The number of piperidine rings is 1. The Balaban J connectivity index is 0.00000420. The van der Waals surface area contributed by atoms with Crippen LogP contribution in [0, 0.1) is 11.7 Å². The molecule has 2 N–H and O–H groups in total. The number of carbonyl (C=O) groups is 1. The van der Waals surface area contributed by atoms with Gasteiger partial charge in [-0.1, -0.05) is 6.07 Å². The van der Waals surface area contributed by atoms with Crippen LogP contribution in [0.3, 0.4) is 0 Å². The van der Waals surface area contributed by atoms with Gasteiger partial charge in [-0.05, 0) is 43.4 Å². The smallest absolute Gasteiger partial charge is 0.359 e. The summed E-state index contributed by atoms with van der Waals surface area (Å²) >= 11 is 0. The monoisotopic (exact) mass is 530 g/mol. The molecule has 0 atom stereocenters. The Bertz CT molecular complexity index is 704. The molecule has 29 heavy (non-hydrogen) atoms. The lowest BCUT2D eigenvalue weighted by Crippen LogP contribution is -2.46. The van der Waals surface area contributed by atoms with Gasteiger partial charge in [0.15, 0.2) is 5.96 Å². The molecule has 0 saturated carbocycles. The molecule has 1 aromatic carbocycles. The highest BCUT2D eigenvalue weighted by molar-refractivity contribution is 14.0. The molecule has 0 spiro atoms. The molecule has 1 amide bonds. The summed E-state index contributed by atoms with van der Waals surface area (Å²) in [6.45, 7) is 3.60. The summed E-state index contributed by atoms with van der Waals surface area (Å²) in [5.41, 5.74) is -1.07. The molecular weight excluding hydrogens is 503 g/mol. The molecule has 0 aliphatic carbocycles. The molecule has 1 aliphatic heterocycles. The number of aliphatic imine (C=N–C) groups is 1. The Labute approximate surface area is 185 Å². The van der Waals surface area contributed by atoms with Crippen molar-refractivity contribution in [2.75, 3.05) is 26.7 Å². The van der Waals surface area contributed by atoms with Crippen molar-refractivity contribution >= 4 is 35.8 Å². The zero-order chi connectivity index (χ0) is 20.7. The number of nitrogens with zero attached hydrogens (tertiary/aromatic N) is 2. The minimum Gasteiger partial charge on any atom is -0.359 e. The normalized spacial score (nSPS) is 15.7. The highest BCUT2D eigenvalue weighted by Gasteiger charge is 2.33. The lowest BCUT2D eigenvalue weighted by molar-refractivity contribution is -0.138. The fraction of sp³-hybridized carbons (Fsp3) is 0.579. The van der Waals surface area contributed by atoms with Crippen LogP contribution in [0.1, 0.15) is 37.3 Å². The largest absolute Gasteiger partial charge is 0.416 e. The molecule has 0 radical (unpaired) electrons. The van der Waals surface area contributed by atoms with Crippen LogP contribution in [0.4, 0.5) is 17.6 Å². The van der Waals surface area contributed by atoms with Crippen LogP contribution < -0.4 is 10.6 Å². The number of benzene rings is 1. The van der Waals surface area contributed by atoms with Gasteiger partial charge in [0.05, 0.1) is 12.1 Å². The Hall–Kier alpha value is -1.59. The molecule has 1 aliphatic rings. The number of halogens is 5. The number of alkyl halides is 3. The van der Waals surface area contributed by atoms with Gasteiger partial charge in [-0.3, -0.25) is 4.79 Å². The van der Waals surface area contributed by atoms with Crippen LogP contribution in [0.5, 0.6) is 0 Å². The zero-order valence-corrected chi connectivity index (χ0v) is 18.8. The highest BCUT2D eigenvalue weighted by atomic mass is 127. The van der Waals surface area contributed by atoms with Gasteiger partial charge in [0.2, 0.25) is 5.91 Å². The number of amides is 1. The second kappa shape index (κ2) is 11.6. The quantitative estimate of drug-likeness (QED) is 0.264. The van der Waals surface area contributed by atoms with Crippen LogP contribution in [-0.4, -0.2) is 43.4 Å². The fourth-order valence-electron chi connectivity index (χ4n) is 3.25. The molecule has 0 aromatic heterocycles. The van der Waals surface area contributed by atoms with E-state index < -0.39 is 17.6 Å². The molecule has 2 rings (SSSR count). The second-order valence-electron chi connectivity index (χ2n) is 6.78. The number of hydrogen-bond donors (Lipinski definition) is 2. The van der Waals surface area contributed by atoms with Crippen molar-refractivity contribution in [3.8, 4) is 0 Å². The molecule has 1 fully saturated rings. The maximum atomic E-state index is 13.3. The predicted octanol–water partition coefficient (Wildman–Crippen LogP) is 3.78. The number of hydrogen-bond acceptors (Lipinski definition) is 2. The third kappa shape index (κ3) is 7.63. The summed E-state index contributed by atoms with van der Waals surface area (Å²) < 4.78 is 52.7. The molecule has 0 bridgehead atoms. The third-order valence-corrected chi connectivity index (χ3v) is 4.78. The van der Waals surface area contributed by atoms with E-state index >= 15 is 0 Å². The molecule has 1 saturated heterocycles. The van der Waals surface area contributed by atoms with Gasteiger partial charge in [-0.2, -0.15) is 13.2 Å². The van der Waals surface area contributed by atoms with Crippen LogP contribution in [0.25, 0.3) is 0 Å². The first-order valence-electron chi connectivity index (χ1n) is 9.34. The van der Waals surface area contributed by atoms with E-state index in [9.17, 15) is 22.4 Å². The summed E-state index contributed by atoms with van der Waals surface area (Å²) in [5, 5.41) is 5.72. The molecule has 10 heteroatoms. The number of nitrogens with one attached hydrogen (secondary N) is 2. The van der Waals surface area contributed by atoms with Crippen LogP contribution in [0.15, 0.2) is 23.2 Å². The van der Waals surface area contributed by atoms with Gasteiger partial charge in [0.25, 0.3) is 0 Å². The number of likely N-dealkylation sites (tertiary alicyclic amines) is 1. The van der Waals surface area contributed by atoms with E-state index in [-0.39, 0.29) is 47.9 Å². The molecule has 5 nitrogen and oxygen atoms in total. The summed E-state index contributed by atoms with van der Waals surface area (Å²) in [6, 6.07) is 2.64. The zero-order valence-electron chi connectivity index (χ0n) is 16.5. The summed E-state index contributed by atoms with van der Waals surface area (Å²) in [5.74, 6) is -0.105. The van der Waals surface area contributed by atoms with Crippen molar-refractivity contribution in [1.29, 1.82) is 0 Å². The summed E-state index contributed by atoms with van der Waals surface area (Å²) in [7, 11) is 1.61. The topological polar surface area (TPSA) is 56.7 Å². The standard InChI is InChI=1S/C19H26F4N4O.HI/c1-3-25-18(27-8-6-13(7-9-27)10-17(28)24-2)26-12-14-4-5-15(20)11-16(14)19(21,22)23;/h4-5,11,13H,3,6-10,12H2,1-2H3,(H,24,28)(H,25,26);1H. The van der Waals surface area contributed by atoms with Crippen molar-refractivity contribution in [3.05, 3.63) is 35.1 Å². The Kier molecular flexibility index (Phi) is 10.1. The average Bonchev–Trinajstić information content (AvgIpc) is 2.65. The van der Waals surface area contributed by atoms with Crippen LogP contribution >= 0.6 is 24.0 Å².